The third kappa shape index (κ3) is 3.59. The molecule has 0 radical (unpaired) electrons. The molecule has 0 bridgehead atoms. The van der Waals surface area contributed by atoms with Crippen molar-refractivity contribution in [3.8, 4) is 0 Å². The normalized spacial score (nSPS) is 15.7. The first-order valence-electron chi connectivity index (χ1n) is 7.39. The van der Waals surface area contributed by atoms with Crippen LogP contribution >= 0.6 is 24.0 Å². The van der Waals surface area contributed by atoms with Crippen molar-refractivity contribution in [1.82, 2.24) is 4.98 Å². The molecule has 122 valence electrons. The van der Waals surface area contributed by atoms with E-state index in [4.69, 9.17) is 17.3 Å². The van der Waals surface area contributed by atoms with Gasteiger partial charge in [0.15, 0.2) is 0 Å². The van der Waals surface area contributed by atoms with Gasteiger partial charge in [0.1, 0.15) is 5.82 Å². The van der Waals surface area contributed by atoms with Gasteiger partial charge >= 0.3 is 0 Å². The number of hydrogen-bond donors (Lipinski definition) is 2. The molecule has 1 aliphatic carbocycles. The Morgan fingerprint density at radius 3 is 2.35 bits per heavy atom. The fourth-order valence-electron chi connectivity index (χ4n) is 3.12. The Labute approximate surface area is 146 Å². The zero-order valence-electron chi connectivity index (χ0n) is 12.6. The number of halogens is 2. The van der Waals surface area contributed by atoms with E-state index in [1.54, 1.807) is 18.3 Å². The summed E-state index contributed by atoms with van der Waals surface area (Å²) in [4.78, 5) is 16.9. The zero-order valence-corrected chi connectivity index (χ0v) is 14.2. The highest BCUT2D eigenvalue weighted by atomic mass is 35.5. The summed E-state index contributed by atoms with van der Waals surface area (Å²) in [5.74, 6) is 0.449. The third-order valence-corrected chi connectivity index (χ3v) is 4.58. The number of rotatable bonds is 3. The van der Waals surface area contributed by atoms with Crippen molar-refractivity contribution in [3.05, 3.63) is 53.2 Å². The maximum atomic E-state index is 12.9. The minimum absolute atomic E-state index is 0. The molecule has 0 aliphatic heterocycles. The Hall–Kier alpha value is -1.78. The van der Waals surface area contributed by atoms with Gasteiger partial charge < -0.3 is 11.1 Å². The second kappa shape index (κ2) is 7.20. The van der Waals surface area contributed by atoms with E-state index >= 15 is 0 Å². The maximum absolute atomic E-state index is 12.9. The standard InChI is InChI=1S/C17H18ClN3O.ClH/c18-13-5-3-12(4-6-13)17(9-1-2-10-17)16(22)21-14-7-8-15(19)20-11-14;/h3-8,11H,1-2,9-10H2,(H2,19,20)(H,21,22);1H. The lowest BCUT2D eigenvalue weighted by Crippen LogP contribution is -2.38. The van der Waals surface area contributed by atoms with Gasteiger partial charge in [-0.25, -0.2) is 4.98 Å². The molecule has 1 heterocycles. The molecule has 1 aromatic heterocycles. The van der Waals surface area contributed by atoms with E-state index in [2.05, 4.69) is 10.3 Å². The second-order valence-electron chi connectivity index (χ2n) is 5.72. The summed E-state index contributed by atoms with van der Waals surface area (Å²) in [7, 11) is 0. The molecule has 6 heteroatoms. The summed E-state index contributed by atoms with van der Waals surface area (Å²) in [6, 6.07) is 11.0. The van der Waals surface area contributed by atoms with E-state index in [1.165, 1.54) is 0 Å². The molecule has 23 heavy (non-hydrogen) atoms. The van der Waals surface area contributed by atoms with Gasteiger partial charge in [0.2, 0.25) is 5.91 Å². The fourth-order valence-corrected chi connectivity index (χ4v) is 3.25. The van der Waals surface area contributed by atoms with Crippen molar-refractivity contribution in [2.45, 2.75) is 31.1 Å². The minimum atomic E-state index is -0.480. The van der Waals surface area contributed by atoms with E-state index in [1.807, 2.05) is 24.3 Å². The number of nitrogens with one attached hydrogen (secondary N) is 1. The summed E-state index contributed by atoms with van der Waals surface area (Å²) in [5.41, 5.74) is 6.78. The number of anilines is 2. The minimum Gasteiger partial charge on any atom is -0.384 e. The summed E-state index contributed by atoms with van der Waals surface area (Å²) >= 11 is 5.97. The molecule has 1 aliphatic rings. The molecule has 1 aromatic carbocycles. The lowest BCUT2D eigenvalue weighted by atomic mass is 9.78. The van der Waals surface area contributed by atoms with Crippen LogP contribution in [0.1, 0.15) is 31.2 Å². The van der Waals surface area contributed by atoms with Gasteiger partial charge in [0, 0.05) is 5.02 Å². The summed E-state index contributed by atoms with van der Waals surface area (Å²) in [5, 5.41) is 3.66. The Morgan fingerprint density at radius 1 is 1.13 bits per heavy atom. The largest absolute Gasteiger partial charge is 0.384 e. The molecule has 0 spiro atoms. The number of carbonyl (C=O) groups is 1. The van der Waals surface area contributed by atoms with Crippen LogP contribution in [0.3, 0.4) is 0 Å². The molecule has 1 saturated carbocycles. The van der Waals surface area contributed by atoms with Crippen LogP contribution in [0.15, 0.2) is 42.6 Å². The molecule has 3 rings (SSSR count). The first-order chi connectivity index (χ1) is 10.6. The van der Waals surface area contributed by atoms with Crippen LogP contribution < -0.4 is 11.1 Å². The quantitative estimate of drug-likeness (QED) is 0.870. The fraction of sp³-hybridized carbons (Fsp3) is 0.294. The number of nitrogens with two attached hydrogens (primary N) is 1. The Kier molecular flexibility index (Phi) is 5.50. The number of hydrogen-bond acceptors (Lipinski definition) is 3. The lowest BCUT2D eigenvalue weighted by Gasteiger charge is -2.28. The third-order valence-electron chi connectivity index (χ3n) is 4.33. The first kappa shape index (κ1) is 17.6. The average Bonchev–Trinajstić information content (AvgIpc) is 3.01. The van der Waals surface area contributed by atoms with Gasteiger partial charge in [-0.1, -0.05) is 36.6 Å². The maximum Gasteiger partial charge on any atom is 0.235 e. The van der Waals surface area contributed by atoms with Gasteiger partial charge in [0.25, 0.3) is 0 Å². The van der Waals surface area contributed by atoms with Crippen LogP contribution in [0.5, 0.6) is 0 Å². The van der Waals surface area contributed by atoms with E-state index in [0.29, 0.717) is 16.5 Å². The van der Waals surface area contributed by atoms with Crippen molar-refractivity contribution in [2.75, 3.05) is 11.1 Å². The second-order valence-corrected chi connectivity index (χ2v) is 6.16. The number of aromatic nitrogens is 1. The number of nitrogen functional groups attached to an aromatic ring is 1. The zero-order chi connectivity index (χ0) is 15.6. The summed E-state index contributed by atoms with van der Waals surface area (Å²) in [6.07, 6.45) is 5.38. The lowest BCUT2D eigenvalue weighted by molar-refractivity contribution is -0.121. The Balaban J connectivity index is 0.00000192. The van der Waals surface area contributed by atoms with E-state index in [9.17, 15) is 4.79 Å². The highest BCUT2D eigenvalue weighted by Gasteiger charge is 2.42. The van der Waals surface area contributed by atoms with Crippen molar-refractivity contribution >= 4 is 41.4 Å². The molecule has 0 unspecified atom stereocenters. The highest BCUT2D eigenvalue weighted by molar-refractivity contribution is 6.30. The van der Waals surface area contributed by atoms with E-state index in [-0.39, 0.29) is 18.3 Å². The van der Waals surface area contributed by atoms with Crippen LogP contribution in [-0.2, 0) is 10.2 Å². The molecular formula is C17H19Cl2N3O. The van der Waals surface area contributed by atoms with E-state index in [0.717, 1.165) is 31.2 Å². The molecular weight excluding hydrogens is 333 g/mol. The predicted octanol–water partition coefficient (Wildman–Crippen LogP) is 4.19. The molecule has 0 atom stereocenters. The van der Waals surface area contributed by atoms with Crippen LogP contribution in [0.2, 0.25) is 5.02 Å². The molecule has 0 saturated heterocycles. The van der Waals surface area contributed by atoms with Crippen molar-refractivity contribution in [2.24, 2.45) is 0 Å². The summed E-state index contributed by atoms with van der Waals surface area (Å²) < 4.78 is 0. The van der Waals surface area contributed by atoms with Crippen molar-refractivity contribution in [1.29, 1.82) is 0 Å². The monoisotopic (exact) mass is 351 g/mol. The summed E-state index contributed by atoms with van der Waals surface area (Å²) in [6.45, 7) is 0. The van der Waals surface area contributed by atoms with Crippen LogP contribution in [0.25, 0.3) is 0 Å². The van der Waals surface area contributed by atoms with E-state index < -0.39 is 5.41 Å². The van der Waals surface area contributed by atoms with Crippen LogP contribution in [0, 0.1) is 0 Å². The number of carbonyl (C=O) groups excluding carboxylic acids is 1. The van der Waals surface area contributed by atoms with Gasteiger partial charge in [-0.3, -0.25) is 4.79 Å². The molecule has 2 aromatic rings. The SMILES string of the molecule is Cl.Nc1ccc(NC(=O)C2(c3ccc(Cl)cc3)CCCC2)cn1. The van der Waals surface area contributed by atoms with Gasteiger partial charge in [-0.2, -0.15) is 0 Å². The first-order valence-corrected chi connectivity index (χ1v) is 7.77. The van der Waals surface area contributed by atoms with Gasteiger partial charge in [-0.15, -0.1) is 12.4 Å². The number of benzene rings is 1. The smallest absolute Gasteiger partial charge is 0.235 e. The molecule has 1 amide bonds. The van der Waals surface area contributed by atoms with Crippen molar-refractivity contribution < 1.29 is 4.79 Å². The van der Waals surface area contributed by atoms with Gasteiger partial charge in [0.05, 0.1) is 17.3 Å². The van der Waals surface area contributed by atoms with Gasteiger partial charge in [-0.05, 0) is 42.7 Å². The molecule has 1 fully saturated rings. The predicted molar refractivity (Wildman–Crippen MR) is 96.1 cm³/mol. The van der Waals surface area contributed by atoms with Crippen LogP contribution in [0.4, 0.5) is 11.5 Å². The number of nitrogens with zero attached hydrogens (tertiary/aromatic N) is 1. The Bertz CT molecular complexity index is 665. The Morgan fingerprint density at radius 2 is 1.78 bits per heavy atom. The highest BCUT2D eigenvalue weighted by Crippen LogP contribution is 2.42. The number of amides is 1. The average molecular weight is 352 g/mol. The topological polar surface area (TPSA) is 68.0 Å². The van der Waals surface area contributed by atoms with Crippen molar-refractivity contribution in [3.63, 3.8) is 0 Å². The van der Waals surface area contributed by atoms with Crippen LogP contribution in [-0.4, -0.2) is 10.9 Å². The molecule has 3 N–H and O–H groups in total. The molecule has 4 nitrogen and oxygen atoms in total. The number of pyridine rings is 1.